The molecule has 0 unspecified atom stereocenters. The average Bonchev–Trinajstić information content (AvgIpc) is 3.31. The quantitative estimate of drug-likeness (QED) is 0.287. The van der Waals surface area contributed by atoms with E-state index in [2.05, 4.69) is 25.3 Å². The van der Waals surface area contributed by atoms with E-state index in [-0.39, 0.29) is 37.1 Å². The number of rotatable bonds is 8. The van der Waals surface area contributed by atoms with Crippen LogP contribution in [0, 0.1) is 5.82 Å². The average molecular weight is 514 g/mol. The van der Waals surface area contributed by atoms with Gasteiger partial charge in [0.05, 0.1) is 41.9 Å². The van der Waals surface area contributed by atoms with Crippen LogP contribution in [0.1, 0.15) is 16.2 Å². The van der Waals surface area contributed by atoms with E-state index in [9.17, 15) is 9.18 Å². The Balaban J connectivity index is 1.53. The Morgan fingerprint density at radius 3 is 2.63 bits per heavy atom. The number of aryl methyl sites for hydroxylation is 1. The third-order valence-corrected chi connectivity index (χ3v) is 5.87. The van der Waals surface area contributed by atoms with Crippen LogP contribution in [0.15, 0.2) is 67.1 Å². The predicted octanol–water partition coefficient (Wildman–Crippen LogP) is 3.11. The lowest BCUT2D eigenvalue weighted by Crippen LogP contribution is -2.26. The van der Waals surface area contributed by atoms with Gasteiger partial charge in [-0.25, -0.2) is 19.3 Å². The lowest BCUT2D eigenvalue weighted by atomic mass is 10.0. The maximum atomic E-state index is 13.6. The van der Waals surface area contributed by atoms with Gasteiger partial charge in [0.1, 0.15) is 23.9 Å². The number of carbonyl (C=O) groups is 1. The molecule has 0 spiro atoms. The molecule has 0 aliphatic rings. The van der Waals surface area contributed by atoms with Gasteiger partial charge in [-0.2, -0.15) is 0 Å². The highest BCUT2D eigenvalue weighted by Crippen LogP contribution is 2.32. The number of imidazole rings is 1. The minimum absolute atomic E-state index is 0.0393. The number of halogens is 1. The summed E-state index contributed by atoms with van der Waals surface area (Å²) < 4.78 is 21.0. The Morgan fingerprint density at radius 1 is 1.08 bits per heavy atom. The normalized spacial score (nSPS) is 11.0. The van der Waals surface area contributed by atoms with E-state index in [1.165, 1.54) is 12.1 Å². The molecule has 1 amide bonds. The van der Waals surface area contributed by atoms with Crippen LogP contribution in [-0.4, -0.2) is 48.7 Å². The first kappa shape index (κ1) is 24.8. The van der Waals surface area contributed by atoms with Gasteiger partial charge in [-0.15, -0.1) is 0 Å². The number of aliphatic hydroxyl groups excluding tert-OH is 1. The monoisotopic (exact) mass is 513 g/mol. The summed E-state index contributed by atoms with van der Waals surface area (Å²) in [5.74, 6) is -0.578. The summed E-state index contributed by atoms with van der Waals surface area (Å²) in [4.78, 5) is 31.0. The van der Waals surface area contributed by atoms with Crippen molar-refractivity contribution in [3.8, 4) is 28.3 Å². The first-order valence-corrected chi connectivity index (χ1v) is 11.7. The fourth-order valence-electron chi connectivity index (χ4n) is 3.99. The van der Waals surface area contributed by atoms with Crippen molar-refractivity contribution in [1.29, 1.82) is 0 Å². The SMILES string of the molecule is Cn1cnc2ccc(-c3nc(C(=O)NCc4ncccc4OCCO)c(N)nc3-c3ccc(F)cc3)cc21. The van der Waals surface area contributed by atoms with Crippen molar-refractivity contribution < 1.29 is 19.0 Å². The molecule has 0 aliphatic carbocycles. The Kier molecular flexibility index (Phi) is 6.92. The summed E-state index contributed by atoms with van der Waals surface area (Å²) >= 11 is 0. The summed E-state index contributed by atoms with van der Waals surface area (Å²) in [6, 6.07) is 14.8. The molecule has 0 atom stereocenters. The fourth-order valence-corrected chi connectivity index (χ4v) is 3.99. The number of aromatic nitrogens is 5. The van der Waals surface area contributed by atoms with Gasteiger partial charge in [0, 0.05) is 24.4 Å². The highest BCUT2D eigenvalue weighted by Gasteiger charge is 2.21. The number of pyridine rings is 1. The molecule has 0 saturated carbocycles. The van der Waals surface area contributed by atoms with Crippen molar-refractivity contribution in [3.05, 3.63) is 84.3 Å². The van der Waals surface area contributed by atoms with Gasteiger partial charge < -0.3 is 25.5 Å². The number of aliphatic hydroxyl groups is 1. The Bertz CT molecular complexity index is 1620. The van der Waals surface area contributed by atoms with E-state index >= 15 is 0 Å². The fraction of sp³-hybridized carbons (Fsp3) is 0.148. The maximum Gasteiger partial charge on any atom is 0.274 e. The number of benzene rings is 2. The van der Waals surface area contributed by atoms with Crippen molar-refractivity contribution in [1.82, 2.24) is 29.8 Å². The smallest absolute Gasteiger partial charge is 0.274 e. The van der Waals surface area contributed by atoms with E-state index in [0.717, 1.165) is 11.0 Å². The highest BCUT2D eigenvalue weighted by atomic mass is 19.1. The summed E-state index contributed by atoms with van der Waals surface area (Å²) in [7, 11) is 1.88. The number of nitrogens with two attached hydrogens (primary N) is 1. The second kappa shape index (κ2) is 10.6. The van der Waals surface area contributed by atoms with E-state index in [1.807, 2.05) is 29.8 Å². The number of amides is 1. The van der Waals surface area contributed by atoms with Gasteiger partial charge in [-0.1, -0.05) is 6.07 Å². The summed E-state index contributed by atoms with van der Waals surface area (Å²) in [5, 5.41) is 11.8. The minimum Gasteiger partial charge on any atom is -0.489 e. The van der Waals surface area contributed by atoms with Crippen LogP contribution in [0.5, 0.6) is 5.75 Å². The summed E-state index contributed by atoms with van der Waals surface area (Å²) in [5.41, 5.74) is 10.4. The summed E-state index contributed by atoms with van der Waals surface area (Å²) in [6.45, 7) is -0.0154. The van der Waals surface area contributed by atoms with Gasteiger partial charge >= 0.3 is 0 Å². The second-order valence-corrected chi connectivity index (χ2v) is 8.42. The molecule has 4 N–H and O–H groups in total. The Hall–Kier alpha value is -4.90. The molecule has 0 aliphatic heterocycles. The number of ether oxygens (including phenoxy) is 1. The molecule has 11 heteroatoms. The lowest BCUT2D eigenvalue weighted by Gasteiger charge is -2.14. The number of anilines is 1. The van der Waals surface area contributed by atoms with Crippen LogP contribution in [0.25, 0.3) is 33.5 Å². The zero-order chi connectivity index (χ0) is 26.6. The van der Waals surface area contributed by atoms with Crippen LogP contribution >= 0.6 is 0 Å². The molecule has 192 valence electrons. The van der Waals surface area contributed by atoms with Crippen molar-refractivity contribution in [2.45, 2.75) is 6.54 Å². The molecule has 0 saturated heterocycles. The van der Waals surface area contributed by atoms with Gasteiger partial charge in [-0.3, -0.25) is 9.78 Å². The van der Waals surface area contributed by atoms with Crippen LogP contribution < -0.4 is 15.8 Å². The van der Waals surface area contributed by atoms with Crippen molar-refractivity contribution >= 4 is 22.8 Å². The van der Waals surface area contributed by atoms with Gasteiger partial charge in [0.25, 0.3) is 5.91 Å². The lowest BCUT2D eigenvalue weighted by molar-refractivity contribution is 0.0945. The predicted molar refractivity (Wildman–Crippen MR) is 140 cm³/mol. The molecule has 3 aromatic heterocycles. The van der Waals surface area contributed by atoms with E-state index in [4.69, 9.17) is 15.6 Å². The minimum atomic E-state index is -0.553. The number of fused-ring (bicyclic) bond motifs is 1. The first-order chi connectivity index (χ1) is 18.4. The largest absolute Gasteiger partial charge is 0.489 e. The Labute approximate surface area is 217 Å². The molecule has 10 nitrogen and oxygen atoms in total. The second-order valence-electron chi connectivity index (χ2n) is 8.42. The van der Waals surface area contributed by atoms with Crippen LogP contribution in [-0.2, 0) is 13.6 Å². The molecule has 3 heterocycles. The van der Waals surface area contributed by atoms with Crippen molar-refractivity contribution in [3.63, 3.8) is 0 Å². The third kappa shape index (κ3) is 5.00. The molecule has 0 bridgehead atoms. The zero-order valence-electron chi connectivity index (χ0n) is 20.4. The molecule has 5 rings (SSSR count). The molecule has 5 aromatic rings. The van der Waals surface area contributed by atoms with Gasteiger partial charge in [0.15, 0.2) is 11.5 Å². The Morgan fingerprint density at radius 2 is 1.84 bits per heavy atom. The van der Waals surface area contributed by atoms with Crippen LogP contribution in [0.2, 0.25) is 0 Å². The molecule has 0 fully saturated rings. The number of nitrogen functional groups attached to an aromatic ring is 1. The van der Waals surface area contributed by atoms with Gasteiger partial charge in [-0.05, 0) is 48.5 Å². The van der Waals surface area contributed by atoms with Crippen LogP contribution in [0.3, 0.4) is 0 Å². The molecule has 2 aromatic carbocycles. The van der Waals surface area contributed by atoms with Gasteiger partial charge in [0.2, 0.25) is 0 Å². The van der Waals surface area contributed by atoms with Crippen molar-refractivity contribution in [2.24, 2.45) is 7.05 Å². The standard InChI is InChI=1S/C27H24FN7O3/c1-35-15-32-19-9-6-17(13-21(19)35)24-23(16-4-7-18(28)8-5-16)34-26(29)25(33-24)27(37)31-14-20-22(38-12-11-36)3-2-10-30-20/h2-10,13,15,36H,11-12,14H2,1H3,(H2,29,34)(H,31,37). The number of hydrogen-bond acceptors (Lipinski definition) is 8. The van der Waals surface area contributed by atoms with E-state index < -0.39 is 5.91 Å². The number of hydrogen-bond donors (Lipinski definition) is 3. The number of nitrogens with zero attached hydrogens (tertiary/aromatic N) is 5. The van der Waals surface area contributed by atoms with E-state index in [1.54, 1.807) is 36.8 Å². The summed E-state index contributed by atoms with van der Waals surface area (Å²) in [6.07, 6.45) is 3.28. The number of nitrogens with one attached hydrogen (secondary N) is 1. The number of carbonyl (C=O) groups excluding carboxylic acids is 1. The molecule has 0 radical (unpaired) electrons. The first-order valence-electron chi connectivity index (χ1n) is 11.7. The highest BCUT2D eigenvalue weighted by molar-refractivity contribution is 5.98. The molecular formula is C27H24FN7O3. The third-order valence-electron chi connectivity index (χ3n) is 5.87. The molecule has 38 heavy (non-hydrogen) atoms. The van der Waals surface area contributed by atoms with Crippen LogP contribution in [0.4, 0.5) is 10.2 Å². The maximum absolute atomic E-state index is 13.6. The van der Waals surface area contributed by atoms with Crippen molar-refractivity contribution in [2.75, 3.05) is 18.9 Å². The topological polar surface area (TPSA) is 141 Å². The molecular weight excluding hydrogens is 489 g/mol. The van der Waals surface area contributed by atoms with E-state index in [0.29, 0.717) is 34.0 Å². The zero-order valence-corrected chi connectivity index (χ0v) is 20.4.